The molecule has 2 N–H and O–H groups in total. The summed E-state index contributed by atoms with van der Waals surface area (Å²) in [6.45, 7) is -0.0644. The van der Waals surface area contributed by atoms with E-state index in [4.69, 9.17) is 39.5 Å². The second-order valence-electron chi connectivity index (χ2n) is 3.84. The number of benzene rings is 1. The van der Waals surface area contributed by atoms with E-state index in [0.717, 1.165) is 0 Å². The summed E-state index contributed by atoms with van der Waals surface area (Å²) in [5, 5.41) is 6.11. The van der Waals surface area contributed by atoms with Gasteiger partial charge in [0.25, 0.3) is 0 Å². The fourth-order valence-electron chi connectivity index (χ4n) is 1.42. The van der Waals surface area contributed by atoms with Crippen LogP contribution in [0.3, 0.4) is 0 Å². The highest BCUT2D eigenvalue weighted by Gasteiger charge is 2.06. The number of carbonyl (C=O) groups is 1. The summed E-state index contributed by atoms with van der Waals surface area (Å²) in [6, 6.07) is 7.61. The normalized spacial score (nSPS) is 10.0. The molecule has 0 atom stereocenters. The molecule has 1 heterocycles. The highest BCUT2D eigenvalue weighted by Crippen LogP contribution is 2.27. The van der Waals surface area contributed by atoms with Gasteiger partial charge < -0.3 is 15.4 Å². The smallest absolute Gasteiger partial charge is 0.321 e. The molecule has 2 amide bonds. The van der Waals surface area contributed by atoms with Crippen molar-refractivity contribution in [3.05, 3.63) is 51.7 Å². The molecule has 1 aromatic carbocycles. The quantitative estimate of drug-likeness (QED) is 0.644. The largest absolute Gasteiger partial charge is 0.472 e. The molecule has 0 fully saturated rings. The first-order valence-corrected chi connectivity index (χ1v) is 6.93. The molecule has 0 bridgehead atoms. The molecule has 110 valence electrons. The zero-order valence-corrected chi connectivity index (χ0v) is 12.8. The third-order valence-electron chi connectivity index (χ3n) is 2.36. The average Bonchev–Trinajstić information content (AvgIpc) is 2.44. The first-order valence-electron chi connectivity index (χ1n) is 5.79. The van der Waals surface area contributed by atoms with Gasteiger partial charge in [0.05, 0.1) is 10.7 Å². The van der Waals surface area contributed by atoms with E-state index in [2.05, 4.69) is 15.6 Å². The fraction of sp³-hybridized carbons (Fsp3) is 0.0769. The second kappa shape index (κ2) is 7.36. The Labute approximate surface area is 136 Å². The van der Waals surface area contributed by atoms with E-state index in [1.54, 1.807) is 30.3 Å². The minimum Gasteiger partial charge on any atom is -0.472 e. The molecule has 0 saturated heterocycles. The van der Waals surface area contributed by atoms with Crippen molar-refractivity contribution >= 4 is 46.5 Å². The summed E-state index contributed by atoms with van der Waals surface area (Å²) < 4.78 is 5.32. The number of pyridine rings is 1. The van der Waals surface area contributed by atoms with Crippen LogP contribution in [0.2, 0.25) is 15.2 Å². The Bertz CT molecular complexity index is 652. The molecular weight excluding hydrogens is 337 g/mol. The number of rotatable bonds is 4. The SMILES string of the molecule is O=C(NCOc1ccc(Cl)cc1Cl)Nc1cccnc1Cl. The van der Waals surface area contributed by atoms with E-state index >= 15 is 0 Å². The summed E-state index contributed by atoms with van der Waals surface area (Å²) in [6.07, 6.45) is 1.52. The summed E-state index contributed by atoms with van der Waals surface area (Å²) in [5.74, 6) is 0.417. The Hall–Kier alpha value is -1.69. The van der Waals surface area contributed by atoms with Gasteiger partial charge in [-0.2, -0.15) is 0 Å². The molecule has 2 aromatic rings. The van der Waals surface area contributed by atoms with E-state index in [1.165, 1.54) is 6.20 Å². The number of halogens is 3. The number of carbonyl (C=O) groups excluding carboxylic acids is 1. The lowest BCUT2D eigenvalue weighted by atomic mass is 10.3. The zero-order chi connectivity index (χ0) is 15.2. The van der Waals surface area contributed by atoms with Crippen molar-refractivity contribution in [2.75, 3.05) is 12.0 Å². The van der Waals surface area contributed by atoms with E-state index in [9.17, 15) is 4.79 Å². The standard InChI is InChI=1S/C13H10Cl3N3O2/c14-8-3-4-11(9(15)6-8)21-7-18-13(20)19-10-2-1-5-17-12(10)16/h1-6H,7H2,(H2,18,19,20). The van der Waals surface area contributed by atoms with Crippen LogP contribution in [-0.4, -0.2) is 17.7 Å². The molecule has 0 aliphatic heterocycles. The Morgan fingerprint density at radius 1 is 1.24 bits per heavy atom. The molecule has 5 nitrogen and oxygen atoms in total. The van der Waals surface area contributed by atoms with Crippen LogP contribution in [0.4, 0.5) is 10.5 Å². The summed E-state index contributed by atoms with van der Waals surface area (Å²) in [5.41, 5.74) is 0.404. The number of anilines is 1. The number of urea groups is 1. The monoisotopic (exact) mass is 345 g/mol. The summed E-state index contributed by atoms with van der Waals surface area (Å²) in [7, 11) is 0. The van der Waals surface area contributed by atoms with Gasteiger partial charge >= 0.3 is 6.03 Å². The van der Waals surface area contributed by atoms with Crippen LogP contribution < -0.4 is 15.4 Å². The maximum atomic E-state index is 11.7. The van der Waals surface area contributed by atoms with Crippen molar-refractivity contribution in [1.29, 1.82) is 0 Å². The van der Waals surface area contributed by atoms with Crippen molar-refractivity contribution < 1.29 is 9.53 Å². The lowest BCUT2D eigenvalue weighted by Crippen LogP contribution is -2.32. The molecule has 0 saturated carbocycles. The number of aromatic nitrogens is 1. The van der Waals surface area contributed by atoms with Crippen LogP contribution >= 0.6 is 34.8 Å². The van der Waals surface area contributed by atoms with Crippen molar-refractivity contribution in [2.45, 2.75) is 0 Å². The predicted octanol–water partition coefficient (Wildman–Crippen LogP) is 4.20. The highest BCUT2D eigenvalue weighted by atomic mass is 35.5. The molecule has 1 aromatic heterocycles. The van der Waals surface area contributed by atoms with Crippen LogP contribution in [0.25, 0.3) is 0 Å². The van der Waals surface area contributed by atoms with Crippen LogP contribution in [0, 0.1) is 0 Å². The van der Waals surface area contributed by atoms with Crippen molar-refractivity contribution in [2.24, 2.45) is 0 Å². The molecule has 2 rings (SSSR count). The Morgan fingerprint density at radius 3 is 2.76 bits per heavy atom. The number of nitrogens with zero attached hydrogens (tertiary/aromatic N) is 1. The summed E-state index contributed by atoms with van der Waals surface area (Å²) in [4.78, 5) is 15.5. The number of nitrogens with one attached hydrogen (secondary N) is 2. The van der Waals surface area contributed by atoms with Crippen molar-refractivity contribution in [1.82, 2.24) is 10.3 Å². The number of hydrogen-bond donors (Lipinski definition) is 2. The minimum absolute atomic E-state index is 0.0644. The summed E-state index contributed by atoms with van der Waals surface area (Å²) >= 11 is 17.5. The lowest BCUT2D eigenvalue weighted by Gasteiger charge is -2.10. The Balaban J connectivity index is 1.83. The van der Waals surface area contributed by atoms with E-state index < -0.39 is 6.03 Å². The molecule has 0 unspecified atom stereocenters. The number of ether oxygens (including phenoxy) is 1. The maximum absolute atomic E-state index is 11.7. The average molecular weight is 347 g/mol. The van der Waals surface area contributed by atoms with Crippen LogP contribution in [0.15, 0.2) is 36.5 Å². The van der Waals surface area contributed by atoms with Crippen LogP contribution in [0.5, 0.6) is 5.75 Å². The molecule has 0 aliphatic carbocycles. The van der Waals surface area contributed by atoms with Crippen LogP contribution in [0.1, 0.15) is 0 Å². The maximum Gasteiger partial charge on any atom is 0.321 e. The van der Waals surface area contributed by atoms with Gasteiger partial charge in [0.2, 0.25) is 0 Å². The van der Waals surface area contributed by atoms with Gasteiger partial charge in [-0.3, -0.25) is 0 Å². The predicted molar refractivity (Wildman–Crippen MR) is 83.4 cm³/mol. The lowest BCUT2D eigenvalue weighted by molar-refractivity contribution is 0.234. The molecule has 0 spiro atoms. The fourth-order valence-corrected chi connectivity index (χ4v) is 2.05. The first-order chi connectivity index (χ1) is 10.1. The molecule has 21 heavy (non-hydrogen) atoms. The van der Waals surface area contributed by atoms with Crippen molar-refractivity contribution in [3.8, 4) is 5.75 Å². The molecule has 0 radical (unpaired) electrons. The van der Waals surface area contributed by atoms with Crippen LogP contribution in [-0.2, 0) is 0 Å². The minimum atomic E-state index is -0.477. The zero-order valence-electron chi connectivity index (χ0n) is 10.6. The van der Waals surface area contributed by atoms with Gasteiger partial charge in [0, 0.05) is 11.2 Å². The van der Waals surface area contributed by atoms with Gasteiger partial charge in [-0.25, -0.2) is 9.78 Å². The Morgan fingerprint density at radius 2 is 2.05 bits per heavy atom. The van der Waals surface area contributed by atoms with Gasteiger partial charge in [0.1, 0.15) is 5.75 Å². The molecule has 8 heteroatoms. The second-order valence-corrected chi connectivity index (χ2v) is 5.04. The number of hydrogen-bond acceptors (Lipinski definition) is 3. The number of amides is 2. The molecular formula is C13H10Cl3N3O2. The van der Waals surface area contributed by atoms with E-state index in [-0.39, 0.29) is 11.9 Å². The van der Waals surface area contributed by atoms with Gasteiger partial charge in [0.15, 0.2) is 11.9 Å². The van der Waals surface area contributed by atoms with E-state index in [1.807, 2.05) is 0 Å². The van der Waals surface area contributed by atoms with Gasteiger partial charge in [-0.15, -0.1) is 0 Å². The third-order valence-corrected chi connectivity index (χ3v) is 3.19. The van der Waals surface area contributed by atoms with E-state index in [0.29, 0.717) is 21.5 Å². The third kappa shape index (κ3) is 4.67. The Kier molecular flexibility index (Phi) is 5.50. The first kappa shape index (κ1) is 15.7. The molecule has 0 aliphatic rings. The van der Waals surface area contributed by atoms with Gasteiger partial charge in [-0.1, -0.05) is 34.8 Å². The topological polar surface area (TPSA) is 63.2 Å². The van der Waals surface area contributed by atoms with Gasteiger partial charge in [-0.05, 0) is 30.3 Å². The highest BCUT2D eigenvalue weighted by molar-refractivity contribution is 6.35. The van der Waals surface area contributed by atoms with Crippen molar-refractivity contribution in [3.63, 3.8) is 0 Å².